The second kappa shape index (κ2) is 7.63. The van der Waals surface area contributed by atoms with Crippen LogP contribution >= 0.6 is 0 Å². The number of carbonyl (C=O) groups is 1. The molecule has 4 aromatic rings. The molecule has 0 spiro atoms. The molecule has 10 nitrogen and oxygen atoms in total. The van der Waals surface area contributed by atoms with Crippen molar-refractivity contribution in [3.05, 3.63) is 72.5 Å². The summed E-state index contributed by atoms with van der Waals surface area (Å²) in [5, 5.41) is 14.9. The minimum Gasteiger partial charge on any atom is -0.378 e. The van der Waals surface area contributed by atoms with Crippen molar-refractivity contribution >= 4 is 11.6 Å². The highest BCUT2D eigenvalue weighted by molar-refractivity contribution is 5.95. The molecule has 156 valence electrons. The van der Waals surface area contributed by atoms with Crippen molar-refractivity contribution in [1.29, 1.82) is 0 Å². The van der Waals surface area contributed by atoms with E-state index in [2.05, 4.69) is 40.8 Å². The van der Waals surface area contributed by atoms with Gasteiger partial charge >= 0.3 is 0 Å². The molecular weight excluding hydrogens is 394 g/mol. The zero-order valence-corrected chi connectivity index (χ0v) is 16.9. The molecular formula is C21H21N9O. The van der Waals surface area contributed by atoms with Crippen LogP contribution in [0.15, 0.2) is 55.2 Å². The lowest BCUT2D eigenvalue weighted by atomic mass is 10.1. The third kappa shape index (κ3) is 3.75. The summed E-state index contributed by atoms with van der Waals surface area (Å²) in [5.41, 5.74) is 1.74. The monoisotopic (exact) mass is 415 g/mol. The lowest BCUT2D eigenvalue weighted by molar-refractivity contribution is 0.0929. The molecule has 0 unspecified atom stereocenters. The van der Waals surface area contributed by atoms with Crippen molar-refractivity contribution in [2.45, 2.75) is 24.9 Å². The number of amides is 1. The Morgan fingerprint density at radius 1 is 1.19 bits per heavy atom. The Hall–Kier alpha value is -4.08. The van der Waals surface area contributed by atoms with Crippen LogP contribution in [-0.4, -0.2) is 40.6 Å². The first kappa shape index (κ1) is 18.9. The molecule has 1 saturated carbocycles. The van der Waals surface area contributed by atoms with E-state index in [0.717, 1.165) is 30.2 Å². The van der Waals surface area contributed by atoms with Gasteiger partial charge in [-0.15, -0.1) is 10.2 Å². The Bertz CT molecular complexity index is 1200. The Kier molecular flexibility index (Phi) is 4.66. The van der Waals surface area contributed by atoms with E-state index in [-0.39, 0.29) is 11.4 Å². The van der Waals surface area contributed by atoms with Crippen LogP contribution in [0.25, 0.3) is 11.5 Å². The summed E-state index contributed by atoms with van der Waals surface area (Å²) in [6.45, 7) is 0.454. The van der Waals surface area contributed by atoms with Gasteiger partial charge in [-0.2, -0.15) is 0 Å². The summed E-state index contributed by atoms with van der Waals surface area (Å²) in [7, 11) is 1.89. The number of rotatable bonds is 7. The quantitative estimate of drug-likeness (QED) is 0.421. The van der Waals surface area contributed by atoms with Crippen LogP contribution in [0.4, 0.5) is 5.69 Å². The van der Waals surface area contributed by atoms with Crippen LogP contribution in [-0.2, 0) is 19.1 Å². The van der Waals surface area contributed by atoms with Gasteiger partial charge in [0.05, 0.1) is 12.1 Å². The number of H-pyrrole nitrogens is 1. The highest BCUT2D eigenvalue weighted by atomic mass is 16.1. The SMILES string of the molecule is Cn1c(CNc2cccc(C(=O)NC3(c4ncc[nH]4)CC3)c2)nnc1-c1ccncn1. The smallest absolute Gasteiger partial charge is 0.252 e. The molecule has 0 saturated heterocycles. The molecule has 0 atom stereocenters. The van der Waals surface area contributed by atoms with Crippen molar-refractivity contribution in [1.82, 2.24) is 40.0 Å². The maximum Gasteiger partial charge on any atom is 0.252 e. The fourth-order valence-corrected chi connectivity index (χ4v) is 3.48. The van der Waals surface area contributed by atoms with E-state index in [1.807, 2.05) is 29.8 Å². The molecule has 3 aromatic heterocycles. The van der Waals surface area contributed by atoms with Crippen molar-refractivity contribution in [2.24, 2.45) is 7.05 Å². The number of carbonyl (C=O) groups excluding carboxylic acids is 1. The zero-order valence-electron chi connectivity index (χ0n) is 16.9. The van der Waals surface area contributed by atoms with E-state index in [1.54, 1.807) is 30.7 Å². The maximum atomic E-state index is 12.8. The average Bonchev–Trinajstić information content (AvgIpc) is 3.20. The largest absolute Gasteiger partial charge is 0.378 e. The van der Waals surface area contributed by atoms with E-state index in [4.69, 9.17) is 0 Å². The number of imidazole rings is 1. The van der Waals surface area contributed by atoms with E-state index in [0.29, 0.717) is 23.6 Å². The fourth-order valence-electron chi connectivity index (χ4n) is 3.48. The minimum absolute atomic E-state index is 0.123. The molecule has 1 fully saturated rings. The Labute approximate surface area is 178 Å². The first-order valence-corrected chi connectivity index (χ1v) is 9.96. The zero-order chi connectivity index (χ0) is 21.3. The number of nitrogens with one attached hydrogen (secondary N) is 3. The highest BCUT2D eigenvalue weighted by Gasteiger charge is 2.48. The minimum atomic E-state index is -0.375. The van der Waals surface area contributed by atoms with Gasteiger partial charge in [0.25, 0.3) is 5.91 Å². The van der Waals surface area contributed by atoms with Crippen LogP contribution in [0.5, 0.6) is 0 Å². The topological polar surface area (TPSA) is 126 Å². The van der Waals surface area contributed by atoms with Crippen molar-refractivity contribution in [3.8, 4) is 11.5 Å². The summed E-state index contributed by atoms with van der Waals surface area (Å²) in [6, 6.07) is 9.19. The van der Waals surface area contributed by atoms with Crippen molar-refractivity contribution in [3.63, 3.8) is 0 Å². The van der Waals surface area contributed by atoms with Gasteiger partial charge in [-0.1, -0.05) is 6.07 Å². The summed E-state index contributed by atoms with van der Waals surface area (Å²) >= 11 is 0. The van der Waals surface area contributed by atoms with Crippen LogP contribution in [0.3, 0.4) is 0 Å². The number of hydrogen-bond donors (Lipinski definition) is 3. The summed E-state index contributed by atoms with van der Waals surface area (Å²) in [6.07, 6.45) is 8.39. The van der Waals surface area contributed by atoms with Gasteiger partial charge in [0.1, 0.15) is 17.8 Å². The first-order valence-electron chi connectivity index (χ1n) is 9.96. The van der Waals surface area contributed by atoms with E-state index in [9.17, 15) is 4.79 Å². The lowest BCUT2D eigenvalue weighted by Gasteiger charge is -2.15. The Balaban J connectivity index is 1.26. The molecule has 1 aliphatic carbocycles. The van der Waals surface area contributed by atoms with Crippen molar-refractivity contribution in [2.75, 3.05) is 5.32 Å². The predicted octanol–water partition coefficient (Wildman–Crippen LogP) is 2.03. The molecule has 1 aliphatic rings. The number of nitrogens with zero attached hydrogens (tertiary/aromatic N) is 6. The van der Waals surface area contributed by atoms with Gasteiger partial charge in [-0.3, -0.25) is 4.79 Å². The average molecular weight is 415 g/mol. The molecule has 0 bridgehead atoms. The van der Waals surface area contributed by atoms with Gasteiger partial charge < -0.3 is 20.2 Å². The number of benzene rings is 1. The highest BCUT2D eigenvalue weighted by Crippen LogP contribution is 2.43. The van der Waals surface area contributed by atoms with Crippen LogP contribution in [0.2, 0.25) is 0 Å². The normalized spacial score (nSPS) is 14.2. The summed E-state index contributed by atoms with van der Waals surface area (Å²) in [4.78, 5) is 28.4. The van der Waals surface area contributed by atoms with Gasteiger partial charge in [0.2, 0.25) is 0 Å². The number of aromatic amines is 1. The molecule has 1 amide bonds. The Morgan fingerprint density at radius 3 is 2.84 bits per heavy atom. The van der Waals surface area contributed by atoms with Gasteiger partial charge in [-0.25, -0.2) is 15.0 Å². The molecule has 10 heteroatoms. The Morgan fingerprint density at radius 2 is 2.10 bits per heavy atom. The summed E-state index contributed by atoms with van der Waals surface area (Å²) < 4.78 is 1.88. The second-order valence-electron chi connectivity index (χ2n) is 7.50. The molecule has 1 aromatic carbocycles. The van der Waals surface area contributed by atoms with Crippen LogP contribution in [0.1, 0.15) is 34.8 Å². The first-order chi connectivity index (χ1) is 15.1. The van der Waals surface area contributed by atoms with E-state index < -0.39 is 0 Å². The predicted molar refractivity (Wildman–Crippen MR) is 113 cm³/mol. The van der Waals surface area contributed by atoms with E-state index >= 15 is 0 Å². The maximum absolute atomic E-state index is 12.8. The second-order valence-corrected chi connectivity index (χ2v) is 7.50. The lowest BCUT2D eigenvalue weighted by Crippen LogP contribution is -2.35. The summed E-state index contributed by atoms with van der Waals surface area (Å²) in [5.74, 6) is 2.09. The molecule has 31 heavy (non-hydrogen) atoms. The third-order valence-electron chi connectivity index (χ3n) is 5.41. The van der Waals surface area contributed by atoms with Crippen molar-refractivity contribution < 1.29 is 4.79 Å². The van der Waals surface area contributed by atoms with Gasteiger partial charge in [0, 0.05) is 36.9 Å². The fraction of sp³-hybridized carbons (Fsp3) is 0.238. The van der Waals surface area contributed by atoms with Crippen LogP contribution in [0, 0.1) is 0 Å². The molecule has 0 radical (unpaired) electrons. The molecule has 5 rings (SSSR count). The molecule has 0 aliphatic heterocycles. The number of anilines is 1. The van der Waals surface area contributed by atoms with Gasteiger partial charge in [-0.05, 0) is 37.1 Å². The van der Waals surface area contributed by atoms with E-state index in [1.165, 1.54) is 6.33 Å². The van der Waals surface area contributed by atoms with Crippen LogP contribution < -0.4 is 10.6 Å². The van der Waals surface area contributed by atoms with Gasteiger partial charge in [0.15, 0.2) is 11.6 Å². The third-order valence-corrected chi connectivity index (χ3v) is 5.41. The number of hydrogen-bond acceptors (Lipinski definition) is 7. The molecule has 3 N–H and O–H groups in total. The molecule has 3 heterocycles. The standard InChI is InChI=1S/C21H21N9O/c1-30-17(28-29-18(30)16-5-8-22-13-26-16)12-25-15-4-2-3-14(11-15)19(31)27-21(6-7-21)20-23-9-10-24-20/h2-5,8-11,13,25H,6-7,12H2,1H3,(H,23,24)(H,27,31). The number of aromatic nitrogens is 7.